The number of hydrazine groups is 1. The molecule has 2 heterocycles. The van der Waals surface area contributed by atoms with E-state index in [1.54, 1.807) is 0 Å². The first kappa shape index (κ1) is 38.1. The van der Waals surface area contributed by atoms with E-state index < -0.39 is 105 Å². The number of allylic oxidation sites excluding steroid dienone is 2. The minimum absolute atomic E-state index is 0.108. The lowest BCUT2D eigenvalue weighted by Gasteiger charge is -2.50. The first-order valence-corrected chi connectivity index (χ1v) is 17.7. The Morgan fingerprint density at radius 1 is 0.772 bits per heavy atom. The van der Waals surface area contributed by atoms with E-state index in [0.717, 1.165) is 18.2 Å². The van der Waals surface area contributed by atoms with Gasteiger partial charge in [-0.2, -0.15) is 31.4 Å². The molecule has 8 nitrogen and oxygen atoms in total. The molecule has 0 radical (unpaired) electrons. The molecule has 4 aliphatic rings. The number of carbonyl (C=O) groups excluding carboxylic acids is 4. The summed E-state index contributed by atoms with van der Waals surface area (Å²) >= 11 is 6.23. The molecular formula is C40H26ClF8N3O5. The Morgan fingerprint density at radius 2 is 1.40 bits per heavy atom. The van der Waals surface area contributed by atoms with Crippen molar-refractivity contribution in [1.82, 2.24) is 5.01 Å². The molecule has 3 fully saturated rings. The summed E-state index contributed by atoms with van der Waals surface area (Å²) in [6.07, 6.45) is -9.75. The van der Waals surface area contributed by atoms with Gasteiger partial charge in [0.15, 0.2) is 11.6 Å². The van der Waals surface area contributed by atoms with Crippen molar-refractivity contribution < 1.29 is 59.4 Å². The molecule has 2 aliphatic heterocycles. The van der Waals surface area contributed by atoms with Crippen LogP contribution < -0.4 is 10.3 Å². The van der Waals surface area contributed by atoms with Crippen molar-refractivity contribution >= 4 is 46.6 Å². The fourth-order valence-corrected chi connectivity index (χ4v) is 9.21. The number of hydrogen-bond acceptors (Lipinski definition) is 6. The average Bonchev–Trinajstić information content (AvgIpc) is 3.54. The number of para-hydroxylation sites is 1. The minimum atomic E-state index is -5.29. The van der Waals surface area contributed by atoms with Crippen LogP contribution in [0.2, 0.25) is 5.02 Å². The lowest BCUT2D eigenvalue weighted by atomic mass is 9.49. The summed E-state index contributed by atoms with van der Waals surface area (Å²) in [5.41, 5.74) is -3.46. The van der Waals surface area contributed by atoms with E-state index in [4.69, 9.17) is 11.6 Å². The maximum atomic E-state index is 15.3. The maximum Gasteiger partial charge on any atom is 0.416 e. The monoisotopic (exact) mass is 815 g/mol. The van der Waals surface area contributed by atoms with Crippen LogP contribution in [0.4, 0.5) is 46.5 Å². The first-order valence-electron chi connectivity index (χ1n) is 17.3. The van der Waals surface area contributed by atoms with Crippen molar-refractivity contribution in [2.45, 2.75) is 36.5 Å². The van der Waals surface area contributed by atoms with Crippen molar-refractivity contribution in [3.05, 3.63) is 135 Å². The molecule has 2 N–H and O–H groups in total. The number of benzene rings is 4. The van der Waals surface area contributed by atoms with Gasteiger partial charge in [0.2, 0.25) is 11.8 Å². The van der Waals surface area contributed by atoms with Gasteiger partial charge in [0.1, 0.15) is 5.82 Å². The van der Waals surface area contributed by atoms with E-state index in [9.17, 15) is 50.2 Å². The Labute approximate surface area is 322 Å². The van der Waals surface area contributed by atoms with E-state index >= 15 is 9.18 Å². The highest BCUT2D eigenvalue weighted by atomic mass is 35.5. The van der Waals surface area contributed by atoms with Crippen LogP contribution in [0.25, 0.3) is 0 Å². The van der Waals surface area contributed by atoms with Gasteiger partial charge in [-0.25, -0.2) is 13.7 Å². The number of hydrogen-bond donors (Lipinski definition) is 2. The van der Waals surface area contributed by atoms with E-state index in [-0.39, 0.29) is 63.4 Å². The van der Waals surface area contributed by atoms with Gasteiger partial charge in [0.05, 0.1) is 45.7 Å². The number of imide groups is 2. The van der Waals surface area contributed by atoms with Crippen LogP contribution >= 0.6 is 11.6 Å². The lowest BCUT2D eigenvalue weighted by Crippen LogP contribution is -2.53. The number of carbonyl (C=O) groups is 4. The third-order valence-corrected chi connectivity index (χ3v) is 11.7. The number of phenols is 1. The number of rotatable bonds is 5. The summed E-state index contributed by atoms with van der Waals surface area (Å²) in [5, 5.41) is 12.2. The van der Waals surface area contributed by atoms with E-state index in [1.165, 1.54) is 54.6 Å². The second kappa shape index (κ2) is 13.1. The summed E-state index contributed by atoms with van der Waals surface area (Å²) in [5.74, 6) is -13.5. The summed E-state index contributed by atoms with van der Waals surface area (Å²) in [7, 11) is 0. The lowest BCUT2D eigenvalue weighted by molar-refractivity contribution is -0.143. The number of fused-ring (bicyclic) bond motifs is 4. The molecule has 294 valence electrons. The van der Waals surface area contributed by atoms with Gasteiger partial charge < -0.3 is 5.11 Å². The number of aromatic hydroxyl groups is 1. The smallest absolute Gasteiger partial charge is 0.416 e. The molecule has 0 bridgehead atoms. The minimum Gasteiger partial charge on any atom is -0.505 e. The molecule has 57 heavy (non-hydrogen) atoms. The first-order chi connectivity index (χ1) is 26.8. The van der Waals surface area contributed by atoms with Crippen LogP contribution in [0.3, 0.4) is 0 Å². The molecule has 4 aromatic rings. The quantitative estimate of drug-likeness (QED) is 0.119. The van der Waals surface area contributed by atoms with E-state index in [2.05, 4.69) is 5.43 Å². The molecule has 17 heteroatoms. The zero-order valence-corrected chi connectivity index (χ0v) is 29.6. The number of phenolic OH excluding ortho intramolecular Hbond substituents is 1. The fourth-order valence-electron chi connectivity index (χ4n) is 9.09. The summed E-state index contributed by atoms with van der Waals surface area (Å²) in [4.78, 5) is 58.5. The largest absolute Gasteiger partial charge is 0.505 e. The summed E-state index contributed by atoms with van der Waals surface area (Å²) in [6.45, 7) is 0. The molecule has 6 atom stereocenters. The van der Waals surface area contributed by atoms with Gasteiger partial charge in [-0.3, -0.25) is 24.6 Å². The topological polar surface area (TPSA) is 107 Å². The standard InChI is InChI=1S/C40H26ClF8N3O5/c41-21-6-4-18(5-7-21)38-29(35(55)52(37(38)57)50-23-10-8-22(42)9-11-23)17-28-25(32(38)27-2-1-3-30(43)33(27)53)12-13-26-31(28)36(56)51(34(26)54)24-15-19(39(44,45)46)14-20(16-24)40(47,48)49/h1-12,14-16,26,28-29,31-32,50,53H,13,17H2/t26-,28+,29-,31-,32+,38+/m0/s1. The molecule has 8 rings (SSSR count). The van der Waals surface area contributed by atoms with Crippen LogP contribution in [-0.2, 0) is 36.9 Å². The zero-order chi connectivity index (χ0) is 40.9. The molecule has 4 amide bonds. The van der Waals surface area contributed by atoms with Crippen molar-refractivity contribution in [1.29, 1.82) is 0 Å². The Bertz CT molecular complexity index is 2370. The van der Waals surface area contributed by atoms with Gasteiger partial charge in [0.25, 0.3) is 11.8 Å². The van der Waals surface area contributed by atoms with Gasteiger partial charge >= 0.3 is 12.4 Å². The fraction of sp³-hybridized carbons (Fsp3) is 0.250. The molecule has 1 saturated carbocycles. The highest BCUT2D eigenvalue weighted by molar-refractivity contribution is 6.30. The summed E-state index contributed by atoms with van der Waals surface area (Å²) < 4.78 is 112. The van der Waals surface area contributed by atoms with Crippen LogP contribution in [0, 0.1) is 35.3 Å². The van der Waals surface area contributed by atoms with Crippen LogP contribution in [0.5, 0.6) is 5.75 Å². The zero-order valence-electron chi connectivity index (χ0n) is 28.8. The molecule has 4 aromatic carbocycles. The van der Waals surface area contributed by atoms with E-state index in [0.29, 0.717) is 5.01 Å². The number of anilines is 2. The Kier molecular flexibility index (Phi) is 8.79. The number of halogens is 9. The predicted molar refractivity (Wildman–Crippen MR) is 186 cm³/mol. The van der Waals surface area contributed by atoms with E-state index in [1.807, 2.05) is 0 Å². The second-order valence-electron chi connectivity index (χ2n) is 14.3. The number of nitrogens with one attached hydrogen (secondary N) is 1. The molecule has 2 aliphatic carbocycles. The second-order valence-corrected chi connectivity index (χ2v) is 14.8. The van der Waals surface area contributed by atoms with Gasteiger partial charge in [-0.15, -0.1) is 0 Å². The van der Waals surface area contributed by atoms with Crippen LogP contribution in [0.1, 0.15) is 41.0 Å². The highest BCUT2D eigenvalue weighted by Crippen LogP contribution is 2.65. The third-order valence-electron chi connectivity index (χ3n) is 11.4. The van der Waals surface area contributed by atoms with Crippen molar-refractivity contribution in [3.8, 4) is 5.75 Å². The molecule has 2 saturated heterocycles. The SMILES string of the molecule is O=C1[C@@H]2C[C@@H]3C(=CC[C@@H]4C(=O)N(c5cc(C(F)(F)F)cc(C(F)(F)F)c5)C(=O)[C@@H]43)[C@H](c3cccc(F)c3O)[C@]2(c2ccc(Cl)cc2)C(=O)N1Nc1ccc(F)cc1. The average molecular weight is 816 g/mol. The predicted octanol–water partition coefficient (Wildman–Crippen LogP) is 8.55. The maximum absolute atomic E-state index is 15.3. The normalized spacial score (nSPS) is 26.0. The molecular weight excluding hydrogens is 790 g/mol. The number of alkyl halides is 6. The van der Waals surface area contributed by atoms with Gasteiger partial charge in [0, 0.05) is 16.5 Å². The van der Waals surface area contributed by atoms with Crippen molar-refractivity contribution in [2.24, 2.45) is 23.7 Å². The molecule has 0 unspecified atom stereocenters. The van der Waals surface area contributed by atoms with Crippen molar-refractivity contribution in [3.63, 3.8) is 0 Å². The molecule has 0 aromatic heterocycles. The van der Waals surface area contributed by atoms with Gasteiger partial charge in [-0.1, -0.05) is 47.5 Å². The highest BCUT2D eigenvalue weighted by Gasteiger charge is 2.71. The Morgan fingerprint density at radius 3 is 2.02 bits per heavy atom. The Hall–Kier alpha value is -5.77. The van der Waals surface area contributed by atoms with Crippen LogP contribution in [-0.4, -0.2) is 33.7 Å². The van der Waals surface area contributed by atoms with Crippen molar-refractivity contribution in [2.75, 3.05) is 10.3 Å². The number of amides is 4. The molecule has 0 spiro atoms. The number of nitrogens with zero attached hydrogens (tertiary/aromatic N) is 2. The third kappa shape index (κ3) is 5.86. The van der Waals surface area contributed by atoms with Crippen LogP contribution in [0.15, 0.2) is 96.6 Å². The van der Waals surface area contributed by atoms with Gasteiger partial charge in [-0.05, 0) is 85.0 Å². The summed E-state index contributed by atoms with van der Waals surface area (Å²) in [6, 6.07) is 14.4. The Balaban J connectivity index is 1.31.